The quantitative estimate of drug-likeness (QED) is 0.210. The monoisotopic (exact) mass is 604 g/mol. The third-order valence-corrected chi connectivity index (χ3v) is 9.14. The van der Waals surface area contributed by atoms with Gasteiger partial charge in [-0.2, -0.15) is 4.31 Å². The van der Waals surface area contributed by atoms with Crippen LogP contribution in [0.5, 0.6) is 0 Å². The topological polar surface area (TPSA) is 107 Å². The zero-order chi connectivity index (χ0) is 30.2. The van der Waals surface area contributed by atoms with Gasteiger partial charge in [-0.3, -0.25) is 4.79 Å². The number of aryl methyl sites for hydroxylation is 2. The van der Waals surface area contributed by atoms with Crippen LogP contribution in [0, 0.1) is 5.82 Å². The van der Waals surface area contributed by atoms with Crippen LogP contribution in [0.2, 0.25) is 5.02 Å². The first-order valence-corrected chi connectivity index (χ1v) is 15.3. The number of halogens is 2. The first-order chi connectivity index (χ1) is 19.3. The maximum absolute atomic E-state index is 13.9. The molecule has 0 amide bonds. The molecule has 3 aromatic carbocycles. The van der Waals surface area contributed by atoms with E-state index in [1.165, 1.54) is 49.0 Å². The van der Waals surface area contributed by atoms with E-state index in [0.717, 1.165) is 23.6 Å². The highest BCUT2D eigenvalue weighted by atomic mass is 35.5. The average molecular weight is 605 g/mol. The molecule has 1 unspecified atom stereocenters. The van der Waals surface area contributed by atoms with Gasteiger partial charge in [0, 0.05) is 42.7 Å². The zero-order valence-corrected chi connectivity index (χ0v) is 25.2. The standard InChI is InChI=1S/C31H38ClFN2O5S/c1-31(2,17-7-10-22-8-5-4-6-9-22)34-20-25(36)21-35(3)41(39,40)26-13-15-28(29(32)19-26)27-14-12-24(33)18-23(27)11-16-30(37)38/h4-6,8-9,12-15,18-19,25,34,36H,7,10-11,16-17,20-21H2,1-3H3,(H,37,38). The number of β-amino-alcohol motifs (C(OH)–C–C–N with tert-alkyl or cyclic N) is 1. The molecule has 3 aromatic rings. The van der Waals surface area contributed by atoms with Gasteiger partial charge in [0.05, 0.1) is 11.0 Å². The van der Waals surface area contributed by atoms with Crippen LogP contribution < -0.4 is 5.32 Å². The molecular weight excluding hydrogens is 567 g/mol. The lowest BCUT2D eigenvalue weighted by atomic mass is 9.95. The SMILES string of the molecule is CN(CC(O)CNC(C)(C)CCCc1ccccc1)S(=O)(=O)c1ccc(-c2ccc(F)cc2CCC(=O)O)c(Cl)c1. The van der Waals surface area contributed by atoms with Crippen LogP contribution in [0.25, 0.3) is 11.1 Å². The molecule has 0 fully saturated rings. The molecule has 0 saturated carbocycles. The minimum atomic E-state index is -3.97. The van der Waals surface area contributed by atoms with Crippen molar-refractivity contribution in [2.24, 2.45) is 0 Å². The Labute approximate surface area is 247 Å². The number of likely N-dealkylation sites (N-methyl/N-ethyl adjacent to an activating group) is 1. The predicted octanol–water partition coefficient (Wildman–Crippen LogP) is 5.54. The van der Waals surface area contributed by atoms with Crippen molar-refractivity contribution in [1.82, 2.24) is 9.62 Å². The van der Waals surface area contributed by atoms with Crippen LogP contribution in [0.3, 0.4) is 0 Å². The Hall–Kier alpha value is -2.82. The first kappa shape index (κ1) is 32.7. The smallest absolute Gasteiger partial charge is 0.303 e. The lowest BCUT2D eigenvalue weighted by Gasteiger charge is -2.29. The number of hydrogen-bond acceptors (Lipinski definition) is 5. The number of aliphatic hydroxyl groups excluding tert-OH is 1. The van der Waals surface area contributed by atoms with E-state index in [4.69, 9.17) is 16.7 Å². The number of carboxylic acids is 1. The summed E-state index contributed by atoms with van der Waals surface area (Å²) in [5, 5.41) is 23.1. The number of benzene rings is 3. The van der Waals surface area contributed by atoms with Crippen molar-refractivity contribution in [3.05, 3.63) is 88.7 Å². The second kappa shape index (κ2) is 14.4. The normalized spacial score (nSPS) is 13.0. The summed E-state index contributed by atoms with van der Waals surface area (Å²) in [5.74, 6) is -1.52. The molecule has 0 bridgehead atoms. The Morgan fingerprint density at radius 3 is 2.39 bits per heavy atom. The van der Waals surface area contributed by atoms with Gasteiger partial charge in [-0.05, 0) is 80.5 Å². The van der Waals surface area contributed by atoms with Crippen molar-refractivity contribution >= 4 is 27.6 Å². The number of nitrogens with one attached hydrogen (secondary N) is 1. The minimum absolute atomic E-state index is 0.0515. The Balaban J connectivity index is 1.62. The van der Waals surface area contributed by atoms with Crippen LogP contribution in [-0.2, 0) is 27.7 Å². The van der Waals surface area contributed by atoms with Crippen LogP contribution in [0.4, 0.5) is 4.39 Å². The molecule has 222 valence electrons. The van der Waals surface area contributed by atoms with E-state index in [9.17, 15) is 22.7 Å². The van der Waals surface area contributed by atoms with Gasteiger partial charge >= 0.3 is 5.97 Å². The number of sulfonamides is 1. The van der Waals surface area contributed by atoms with Gasteiger partial charge in [0.1, 0.15) is 5.82 Å². The largest absolute Gasteiger partial charge is 0.481 e. The molecule has 0 saturated heterocycles. The Morgan fingerprint density at radius 1 is 1.05 bits per heavy atom. The van der Waals surface area contributed by atoms with Gasteiger partial charge < -0.3 is 15.5 Å². The van der Waals surface area contributed by atoms with Crippen molar-refractivity contribution in [3.63, 3.8) is 0 Å². The van der Waals surface area contributed by atoms with E-state index in [1.54, 1.807) is 0 Å². The molecule has 0 heterocycles. The predicted molar refractivity (Wildman–Crippen MR) is 160 cm³/mol. The fourth-order valence-electron chi connectivity index (χ4n) is 4.65. The van der Waals surface area contributed by atoms with E-state index in [0.29, 0.717) is 16.7 Å². The summed E-state index contributed by atoms with van der Waals surface area (Å²) in [4.78, 5) is 11.0. The molecule has 3 N–H and O–H groups in total. The van der Waals surface area contributed by atoms with Crippen molar-refractivity contribution in [1.29, 1.82) is 0 Å². The fourth-order valence-corrected chi connectivity index (χ4v) is 6.23. The lowest BCUT2D eigenvalue weighted by Crippen LogP contribution is -2.46. The van der Waals surface area contributed by atoms with Gasteiger partial charge in [0.15, 0.2) is 0 Å². The van der Waals surface area contributed by atoms with E-state index < -0.39 is 27.9 Å². The van der Waals surface area contributed by atoms with E-state index in [1.807, 2.05) is 18.2 Å². The molecule has 0 aliphatic heterocycles. The van der Waals surface area contributed by atoms with Gasteiger partial charge in [-0.15, -0.1) is 0 Å². The molecule has 3 rings (SSSR count). The minimum Gasteiger partial charge on any atom is -0.481 e. The number of aliphatic carboxylic acids is 1. The van der Waals surface area contributed by atoms with E-state index >= 15 is 0 Å². The summed E-state index contributed by atoms with van der Waals surface area (Å²) in [7, 11) is -2.57. The molecule has 0 spiro atoms. The number of hydrogen-bond donors (Lipinski definition) is 3. The van der Waals surface area contributed by atoms with E-state index in [-0.39, 0.29) is 41.4 Å². The lowest BCUT2D eigenvalue weighted by molar-refractivity contribution is -0.136. The van der Waals surface area contributed by atoms with Gasteiger partial charge in [0.2, 0.25) is 10.0 Å². The van der Waals surface area contributed by atoms with Crippen molar-refractivity contribution in [2.75, 3.05) is 20.1 Å². The second-order valence-electron chi connectivity index (χ2n) is 10.9. The number of carbonyl (C=O) groups is 1. The number of nitrogens with zero attached hydrogens (tertiary/aromatic N) is 1. The summed E-state index contributed by atoms with van der Waals surface area (Å²) in [6, 6.07) is 18.5. The first-order valence-electron chi connectivity index (χ1n) is 13.5. The van der Waals surface area contributed by atoms with Gasteiger partial charge in [0.25, 0.3) is 0 Å². The third kappa shape index (κ3) is 9.61. The van der Waals surface area contributed by atoms with Crippen molar-refractivity contribution < 1.29 is 27.8 Å². The molecule has 7 nitrogen and oxygen atoms in total. The Kier molecular flexibility index (Phi) is 11.5. The maximum atomic E-state index is 13.9. The fraction of sp³-hybridized carbons (Fsp3) is 0.387. The van der Waals surface area contributed by atoms with Crippen LogP contribution in [-0.4, -0.2) is 60.7 Å². The molecular formula is C31H38ClFN2O5S. The molecule has 10 heteroatoms. The molecule has 0 aliphatic rings. The number of aliphatic hydroxyl groups is 1. The van der Waals surface area contributed by atoms with Crippen LogP contribution in [0.1, 0.15) is 44.2 Å². The summed E-state index contributed by atoms with van der Waals surface area (Å²) >= 11 is 6.48. The molecule has 0 aromatic heterocycles. The van der Waals surface area contributed by atoms with E-state index in [2.05, 4.69) is 31.3 Å². The molecule has 1 atom stereocenters. The van der Waals surface area contributed by atoms with Gasteiger partial charge in [-0.1, -0.05) is 54.1 Å². The molecule has 0 radical (unpaired) electrons. The van der Waals surface area contributed by atoms with Crippen LogP contribution in [0.15, 0.2) is 71.6 Å². The average Bonchev–Trinajstić information content (AvgIpc) is 2.91. The second-order valence-corrected chi connectivity index (χ2v) is 13.3. The zero-order valence-electron chi connectivity index (χ0n) is 23.6. The molecule has 0 aliphatic carbocycles. The highest BCUT2D eigenvalue weighted by Crippen LogP contribution is 2.34. The Morgan fingerprint density at radius 2 is 1.73 bits per heavy atom. The van der Waals surface area contributed by atoms with Gasteiger partial charge in [-0.25, -0.2) is 12.8 Å². The highest BCUT2D eigenvalue weighted by molar-refractivity contribution is 7.89. The Bertz CT molecular complexity index is 1430. The molecule has 41 heavy (non-hydrogen) atoms. The van der Waals surface area contributed by atoms with Crippen molar-refractivity contribution in [3.8, 4) is 11.1 Å². The maximum Gasteiger partial charge on any atom is 0.303 e. The summed E-state index contributed by atoms with van der Waals surface area (Å²) in [6.45, 7) is 4.22. The van der Waals surface area contributed by atoms with Crippen LogP contribution >= 0.6 is 11.6 Å². The highest BCUT2D eigenvalue weighted by Gasteiger charge is 2.26. The summed E-state index contributed by atoms with van der Waals surface area (Å²) in [5.41, 5.74) is 2.50. The number of rotatable bonds is 15. The third-order valence-electron chi connectivity index (χ3n) is 7.01. The summed E-state index contributed by atoms with van der Waals surface area (Å²) in [6.07, 6.45) is 1.80. The van der Waals surface area contributed by atoms with Crippen molar-refractivity contribution in [2.45, 2.75) is 62.5 Å². The summed E-state index contributed by atoms with van der Waals surface area (Å²) < 4.78 is 41.4. The number of carboxylic acid groups (broad SMARTS) is 1.